The number of halogens is 1. The van der Waals surface area contributed by atoms with Gasteiger partial charge in [0.15, 0.2) is 0 Å². The Labute approximate surface area is 135 Å². The number of carbonyl (C=O) groups excluding carboxylic acids is 2. The summed E-state index contributed by atoms with van der Waals surface area (Å²) >= 11 is 10.1. The van der Waals surface area contributed by atoms with Crippen LogP contribution < -0.4 is 5.32 Å². The highest BCUT2D eigenvalue weighted by atomic mass is 35.5. The van der Waals surface area contributed by atoms with Crippen molar-refractivity contribution in [2.24, 2.45) is 0 Å². The predicted molar refractivity (Wildman–Crippen MR) is 86.1 cm³/mol. The van der Waals surface area contributed by atoms with Crippen LogP contribution in [0.3, 0.4) is 0 Å². The number of piperidine rings is 1. The molecule has 0 aromatic heterocycles. The Morgan fingerprint density at radius 2 is 1.95 bits per heavy atom. The molecule has 1 aliphatic heterocycles. The smallest absolute Gasteiger partial charge is 0.254 e. The second-order valence-electron chi connectivity index (χ2n) is 5.21. The van der Waals surface area contributed by atoms with Crippen molar-refractivity contribution in [3.8, 4) is 0 Å². The van der Waals surface area contributed by atoms with Crippen molar-refractivity contribution in [1.29, 1.82) is 0 Å². The van der Waals surface area contributed by atoms with Crippen molar-refractivity contribution in [3.05, 3.63) is 29.8 Å². The number of nitrogens with one attached hydrogen (secondary N) is 1. The maximum Gasteiger partial charge on any atom is 0.254 e. The molecule has 2 rings (SSSR count). The van der Waals surface area contributed by atoms with Crippen LogP contribution in [-0.4, -0.2) is 41.2 Å². The highest BCUT2D eigenvalue weighted by Gasteiger charge is 2.26. The Hall–Kier alpha value is -1.20. The third-order valence-corrected chi connectivity index (χ3v) is 4.21. The first-order chi connectivity index (χ1) is 9.99. The van der Waals surface area contributed by atoms with Gasteiger partial charge < -0.3 is 10.2 Å². The fraction of sp³-hybridized carbons (Fsp3) is 0.467. The van der Waals surface area contributed by atoms with Gasteiger partial charge in [0, 0.05) is 24.0 Å². The number of likely N-dealkylation sites (tertiary alicyclic amines) is 1. The second kappa shape index (κ2) is 7.18. The Bertz CT molecular complexity index is 528. The summed E-state index contributed by atoms with van der Waals surface area (Å²) in [6.45, 7) is 2.91. The number of alkyl halides is 1. The predicted octanol–water partition coefficient (Wildman–Crippen LogP) is 2.32. The van der Waals surface area contributed by atoms with Crippen LogP contribution in [0.1, 0.15) is 30.1 Å². The Balaban J connectivity index is 1.91. The molecule has 1 saturated heterocycles. The molecule has 6 heteroatoms. The molecule has 1 aromatic rings. The summed E-state index contributed by atoms with van der Waals surface area (Å²) in [5.74, 6) is -0.154. The highest BCUT2D eigenvalue weighted by molar-refractivity contribution is 7.80. The molecule has 1 aliphatic rings. The minimum Gasteiger partial charge on any atom is -0.352 e. The van der Waals surface area contributed by atoms with Gasteiger partial charge in [-0.25, -0.2) is 0 Å². The van der Waals surface area contributed by atoms with Crippen LogP contribution in [0.5, 0.6) is 0 Å². The third-order valence-electron chi connectivity index (χ3n) is 3.62. The highest BCUT2D eigenvalue weighted by Crippen LogP contribution is 2.19. The lowest BCUT2D eigenvalue weighted by Gasteiger charge is -2.32. The minimum absolute atomic E-state index is 0.00362. The Morgan fingerprint density at radius 3 is 2.52 bits per heavy atom. The maximum absolute atomic E-state index is 12.4. The number of hydrogen-bond acceptors (Lipinski definition) is 3. The summed E-state index contributed by atoms with van der Waals surface area (Å²) in [6.07, 6.45) is 1.49. The van der Waals surface area contributed by atoms with Gasteiger partial charge >= 0.3 is 0 Å². The van der Waals surface area contributed by atoms with E-state index in [1.54, 1.807) is 13.0 Å². The molecular formula is C15H19ClN2O2S. The second-order valence-corrected chi connectivity index (χ2v) is 6.34. The molecule has 1 atom stereocenters. The monoisotopic (exact) mass is 326 g/mol. The molecule has 21 heavy (non-hydrogen) atoms. The van der Waals surface area contributed by atoms with Crippen molar-refractivity contribution in [3.63, 3.8) is 0 Å². The van der Waals surface area contributed by atoms with Crippen molar-refractivity contribution in [2.75, 3.05) is 13.1 Å². The van der Waals surface area contributed by atoms with E-state index in [2.05, 4.69) is 17.9 Å². The molecule has 1 aromatic carbocycles. The first kappa shape index (κ1) is 16.2. The van der Waals surface area contributed by atoms with Gasteiger partial charge in [-0.1, -0.05) is 12.1 Å². The largest absolute Gasteiger partial charge is 0.352 e. The van der Waals surface area contributed by atoms with Gasteiger partial charge in [0.2, 0.25) is 5.91 Å². The quantitative estimate of drug-likeness (QED) is 0.661. The number of benzene rings is 1. The van der Waals surface area contributed by atoms with Crippen molar-refractivity contribution >= 4 is 36.0 Å². The van der Waals surface area contributed by atoms with E-state index < -0.39 is 5.38 Å². The maximum atomic E-state index is 12.4. The fourth-order valence-electron chi connectivity index (χ4n) is 2.37. The van der Waals surface area contributed by atoms with E-state index in [1.807, 2.05) is 23.1 Å². The fourth-order valence-corrected chi connectivity index (χ4v) is 2.69. The number of amides is 2. The van der Waals surface area contributed by atoms with Gasteiger partial charge in [0.1, 0.15) is 5.38 Å². The summed E-state index contributed by atoms with van der Waals surface area (Å²) < 4.78 is 0. The van der Waals surface area contributed by atoms with Crippen molar-refractivity contribution < 1.29 is 9.59 Å². The number of nitrogens with zero attached hydrogens (tertiary/aromatic N) is 1. The number of hydrogen-bond donors (Lipinski definition) is 2. The molecule has 0 bridgehead atoms. The summed E-state index contributed by atoms with van der Waals surface area (Å²) in [5, 5.41) is 2.38. The van der Waals surface area contributed by atoms with E-state index in [-0.39, 0.29) is 17.9 Å². The van der Waals surface area contributed by atoms with E-state index in [9.17, 15) is 9.59 Å². The zero-order valence-corrected chi connectivity index (χ0v) is 13.5. The topological polar surface area (TPSA) is 49.4 Å². The van der Waals surface area contributed by atoms with Crippen LogP contribution in [0.15, 0.2) is 29.2 Å². The van der Waals surface area contributed by atoms with Gasteiger partial charge in [-0.05, 0) is 31.9 Å². The van der Waals surface area contributed by atoms with Crippen molar-refractivity contribution in [1.82, 2.24) is 10.2 Å². The normalized spacial score (nSPS) is 17.4. The van der Waals surface area contributed by atoms with Crippen LogP contribution in [0.2, 0.25) is 0 Å². The van der Waals surface area contributed by atoms with Gasteiger partial charge in [-0.3, -0.25) is 9.59 Å². The van der Waals surface area contributed by atoms with E-state index >= 15 is 0 Å². The average molecular weight is 327 g/mol. The molecule has 0 radical (unpaired) electrons. The molecule has 0 saturated carbocycles. The lowest BCUT2D eigenvalue weighted by molar-refractivity contribution is -0.121. The van der Waals surface area contributed by atoms with Crippen LogP contribution in [0.25, 0.3) is 0 Å². The lowest BCUT2D eigenvalue weighted by Crippen LogP contribution is -2.47. The zero-order chi connectivity index (χ0) is 15.4. The first-order valence-corrected chi connectivity index (χ1v) is 7.89. The number of thiol groups is 1. The lowest BCUT2D eigenvalue weighted by atomic mass is 10.0. The van der Waals surface area contributed by atoms with Crippen LogP contribution in [-0.2, 0) is 4.79 Å². The number of carbonyl (C=O) groups is 2. The molecule has 1 fully saturated rings. The van der Waals surface area contributed by atoms with E-state index in [0.717, 1.165) is 12.8 Å². The molecular weight excluding hydrogens is 308 g/mol. The van der Waals surface area contributed by atoms with Crippen LogP contribution in [0, 0.1) is 0 Å². The first-order valence-electron chi connectivity index (χ1n) is 7.00. The molecule has 4 nitrogen and oxygen atoms in total. The Kier molecular flexibility index (Phi) is 5.53. The third kappa shape index (κ3) is 4.14. The average Bonchev–Trinajstić information content (AvgIpc) is 2.47. The van der Waals surface area contributed by atoms with E-state index in [1.165, 1.54) is 0 Å². The zero-order valence-electron chi connectivity index (χ0n) is 11.9. The van der Waals surface area contributed by atoms with Gasteiger partial charge in [-0.2, -0.15) is 0 Å². The molecule has 1 unspecified atom stereocenters. The van der Waals surface area contributed by atoms with Crippen LogP contribution in [0.4, 0.5) is 0 Å². The molecule has 2 amide bonds. The molecule has 1 heterocycles. The van der Waals surface area contributed by atoms with E-state index in [4.69, 9.17) is 11.6 Å². The van der Waals surface area contributed by atoms with Crippen LogP contribution >= 0.6 is 24.2 Å². The summed E-state index contributed by atoms with van der Waals surface area (Å²) in [5.41, 5.74) is 0.623. The van der Waals surface area contributed by atoms with Gasteiger partial charge in [-0.15, -0.1) is 24.2 Å². The summed E-state index contributed by atoms with van der Waals surface area (Å²) in [7, 11) is 0. The number of rotatable bonds is 3. The standard InChI is InChI=1S/C15H19ClN2O2S/c1-10(16)14(19)17-11-6-8-18(9-7-11)15(20)12-4-2-3-5-13(12)21/h2-5,10-11,21H,6-9H2,1H3,(H,17,19). The minimum atomic E-state index is -0.527. The van der Waals surface area contributed by atoms with E-state index in [0.29, 0.717) is 23.5 Å². The SMILES string of the molecule is CC(Cl)C(=O)NC1CCN(C(=O)c2ccccc2S)CC1. The molecule has 114 valence electrons. The Morgan fingerprint density at radius 1 is 1.33 bits per heavy atom. The molecule has 0 spiro atoms. The summed E-state index contributed by atoms with van der Waals surface area (Å²) in [6, 6.07) is 7.38. The van der Waals surface area contributed by atoms with Gasteiger partial charge in [0.05, 0.1) is 5.56 Å². The summed E-state index contributed by atoms with van der Waals surface area (Å²) in [4.78, 5) is 26.5. The molecule has 1 N–H and O–H groups in total. The molecule has 0 aliphatic carbocycles. The van der Waals surface area contributed by atoms with Gasteiger partial charge in [0.25, 0.3) is 5.91 Å². The van der Waals surface area contributed by atoms with Crippen molar-refractivity contribution in [2.45, 2.75) is 36.1 Å².